The Kier molecular flexibility index (Phi) is 8.90. The summed E-state index contributed by atoms with van der Waals surface area (Å²) in [6, 6.07) is 32.8. The van der Waals surface area contributed by atoms with E-state index in [9.17, 15) is 14.9 Å². The number of carbonyl (C=O) groups excluding carboxylic acids is 1. The smallest absolute Gasteiger partial charge is 0.338 e. The van der Waals surface area contributed by atoms with E-state index >= 15 is 0 Å². The summed E-state index contributed by atoms with van der Waals surface area (Å²) in [5, 5.41) is 9.34. The zero-order valence-corrected chi connectivity index (χ0v) is 26.0. The number of aromatic nitrogens is 1. The van der Waals surface area contributed by atoms with Crippen LogP contribution >= 0.6 is 11.3 Å². The molecule has 1 aliphatic heterocycles. The van der Waals surface area contributed by atoms with Crippen molar-refractivity contribution in [3.63, 3.8) is 0 Å². The minimum Gasteiger partial charge on any atom is -0.497 e. The van der Waals surface area contributed by atoms with Crippen LogP contribution < -0.4 is 24.4 Å². The van der Waals surface area contributed by atoms with E-state index in [0.29, 0.717) is 37.7 Å². The van der Waals surface area contributed by atoms with Crippen LogP contribution in [0.2, 0.25) is 0 Å². The number of ether oxygens (including phenoxy) is 3. The van der Waals surface area contributed by atoms with E-state index in [2.05, 4.69) is 6.07 Å². The third-order valence-electron chi connectivity index (χ3n) is 7.49. The Labute approximate surface area is 269 Å². The molecule has 1 aromatic heterocycles. The van der Waals surface area contributed by atoms with Crippen molar-refractivity contribution in [2.75, 3.05) is 13.7 Å². The van der Waals surface area contributed by atoms with E-state index in [1.165, 1.54) is 11.3 Å². The van der Waals surface area contributed by atoms with Gasteiger partial charge in [-0.05, 0) is 54.5 Å². The standard InChI is InChI=1S/C37H29N3O5S/c1-3-44-36(42)32-33(25-10-5-4-6-11-25)39-37-40(34(32)26-14-9-15-30(21-26)43-2)35(41)31(46-37)20-24-16-18-29(19-17-24)45-23-28-13-8-7-12-27(28)22-38/h4-21,34H,3,23H2,1-2H3/b31-20+/t34-/m1/s1. The highest BCUT2D eigenvalue weighted by atomic mass is 32.1. The van der Waals surface area contributed by atoms with Gasteiger partial charge in [0.15, 0.2) is 4.80 Å². The van der Waals surface area contributed by atoms with E-state index in [0.717, 1.165) is 16.7 Å². The number of fused-ring (bicyclic) bond motifs is 1. The van der Waals surface area contributed by atoms with Gasteiger partial charge in [0.2, 0.25) is 0 Å². The topological polar surface area (TPSA) is 103 Å². The van der Waals surface area contributed by atoms with Crippen LogP contribution in [0.5, 0.6) is 11.5 Å². The molecule has 1 aliphatic rings. The predicted octanol–water partition coefficient (Wildman–Crippen LogP) is 5.39. The van der Waals surface area contributed by atoms with Crippen molar-refractivity contribution in [2.45, 2.75) is 19.6 Å². The average Bonchev–Trinajstić information content (AvgIpc) is 3.41. The highest BCUT2D eigenvalue weighted by molar-refractivity contribution is 7.07. The van der Waals surface area contributed by atoms with Crippen molar-refractivity contribution in [1.82, 2.24) is 4.57 Å². The van der Waals surface area contributed by atoms with E-state index in [-0.39, 0.29) is 24.3 Å². The molecule has 0 bridgehead atoms. The van der Waals surface area contributed by atoms with Gasteiger partial charge in [0, 0.05) is 11.1 Å². The van der Waals surface area contributed by atoms with Gasteiger partial charge >= 0.3 is 5.97 Å². The van der Waals surface area contributed by atoms with Gasteiger partial charge in [0.25, 0.3) is 5.56 Å². The molecule has 2 heterocycles. The summed E-state index contributed by atoms with van der Waals surface area (Å²) >= 11 is 1.26. The third-order valence-corrected chi connectivity index (χ3v) is 8.48. The molecule has 0 saturated heterocycles. The third kappa shape index (κ3) is 6.11. The lowest BCUT2D eigenvalue weighted by molar-refractivity contribution is -0.138. The van der Waals surface area contributed by atoms with Crippen molar-refractivity contribution >= 4 is 29.1 Å². The summed E-state index contributed by atoms with van der Waals surface area (Å²) in [6.07, 6.45) is 1.80. The number of hydrogen-bond acceptors (Lipinski definition) is 8. The molecule has 4 aromatic carbocycles. The molecule has 6 rings (SSSR count). The van der Waals surface area contributed by atoms with Gasteiger partial charge < -0.3 is 14.2 Å². The zero-order chi connectivity index (χ0) is 32.0. The molecule has 0 N–H and O–H groups in total. The summed E-state index contributed by atoms with van der Waals surface area (Å²) in [6.45, 7) is 2.18. The summed E-state index contributed by atoms with van der Waals surface area (Å²) in [5.74, 6) is 0.690. The van der Waals surface area contributed by atoms with Crippen molar-refractivity contribution in [3.05, 3.63) is 156 Å². The van der Waals surface area contributed by atoms with Crippen molar-refractivity contribution in [2.24, 2.45) is 4.99 Å². The number of esters is 1. The van der Waals surface area contributed by atoms with E-state index < -0.39 is 12.0 Å². The number of methoxy groups -OCH3 is 1. The number of benzene rings is 4. The molecule has 0 radical (unpaired) electrons. The summed E-state index contributed by atoms with van der Waals surface area (Å²) in [7, 11) is 1.57. The monoisotopic (exact) mass is 627 g/mol. The maximum Gasteiger partial charge on any atom is 0.338 e. The molecule has 46 heavy (non-hydrogen) atoms. The lowest BCUT2D eigenvalue weighted by Gasteiger charge is -2.26. The molecule has 0 spiro atoms. The first-order valence-electron chi connectivity index (χ1n) is 14.6. The highest BCUT2D eigenvalue weighted by Crippen LogP contribution is 2.36. The summed E-state index contributed by atoms with van der Waals surface area (Å²) in [4.78, 5) is 33.1. The van der Waals surface area contributed by atoms with Crippen LogP contribution in [0.25, 0.3) is 11.8 Å². The lowest BCUT2D eigenvalue weighted by atomic mass is 9.93. The molecule has 0 unspecified atom stereocenters. The Morgan fingerprint density at radius 3 is 2.48 bits per heavy atom. The van der Waals surface area contributed by atoms with Crippen molar-refractivity contribution < 1.29 is 19.0 Å². The molecule has 0 amide bonds. The fourth-order valence-electron chi connectivity index (χ4n) is 5.30. The Balaban J connectivity index is 1.44. The van der Waals surface area contributed by atoms with Gasteiger partial charge in [-0.3, -0.25) is 9.36 Å². The number of hydrogen-bond donors (Lipinski definition) is 0. The Morgan fingerprint density at radius 2 is 1.74 bits per heavy atom. The quantitative estimate of drug-likeness (QED) is 0.203. The van der Waals surface area contributed by atoms with Gasteiger partial charge in [0.1, 0.15) is 18.1 Å². The molecule has 0 fully saturated rings. The first-order chi connectivity index (χ1) is 22.5. The number of thiazole rings is 1. The second kappa shape index (κ2) is 13.5. The van der Waals surface area contributed by atoms with Crippen LogP contribution in [0.3, 0.4) is 0 Å². The maximum atomic E-state index is 14.1. The van der Waals surface area contributed by atoms with E-state index in [4.69, 9.17) is 19.2 Å². The average molecular weight is 628 g/mol. The van der Waals surface area contributed by atoms with Gasteiger partial charge in [0.05, 0.1) is 47.2 Å². The first kappa shape index (κ1) is 30.3. The van der Waals surface area contributed by atoms with Gasteiger partial charge in [-0.1, -0.05) is 84.1 Å². The molecule has 0 saturated carbocycles. The SMILES string of the molecule is CCOC(=O)C1=C(c2ccccc2)N=c2s/c(=C/c3ccc(OCc4ccccc4C#N)cc3)c(=O)n2[C@@H]1c1cccc(OC)c1. The molecule has 8 nitrogen and oxygen atoms in total. The first-order valence-corrected chi connectivity index (χ1v) is 15.5. The van der Waals surface area contributed by atoms with E-state index in [1.807, 2.05) is 97.1 Å². The predicted molar refractivity (Wildman–Crippen MR) is 176 cm³/mol. The molecule has 0 aliphatic carbocycles. The zero-order valence-electron chi connectivity index (χ0n) is 25.2. The van der Waals surface area contributed by atoms with Gasteiger partial charge in [-0.15, -0.1) is 0 Å². The molecule has 9 heteroatoms. The van der Waals surface area contributed by atoms with Gasteiger partial charge in [-0.2, -0.15) is 5.26 Å². The minimum absolute atomic E-state index is 0.171. The summed E-state index contributed by atoms with van der Waals surface area (Å²) in [5.41, 5.74) is 4.06. The largest absolute Gasteiger partial charge is 0.497 e. The fourth-order valence-corrected chi connectivity index (χ4v) is 6.30. The minimum atomic E-state index is -0.796. The number of nitriles is 1. The van der Waals surface area contributed by atoms with Crippen molar-refractivity contribution in [1.29, 1.82) is 5.26 Å². The number of carbonyl (C=O) groups is 1. The second-order valence-electron chi connectivity index (χ2n) is 10.3. The summed E-state index contributed by atoms with van der Waals surface area (Å²) < 4.78 is 19.0. The van der Waals surface area contributed by atoms with Crippen LogP contribution in [-0.2, 0) is 16.1 Å². The van der Waals surface area contributed by atoms with Gasteiger partial charge in [-0.25, -0.2) is 9.79 Å². The second-order valence-corrected chi connectivity index (χ2v) is 11.3. The van der Waals surface area contributed by atoms with E-state index in [1.54, 1.807) is 30.7 Å². The molecular weight excluding hydrogens is 598 g/mol. The molecule has 5 aromatic rings. The van der Waals surface area contributed by atoms with Crippen LogP contribution in [0.15, 0.2) is 118 Å². The van der Waals surface area contributed by atoms with Crippen LogP contribution in [-0.4, -0.2) is 24.3 Å². The highest BCUT2D eigenvalue weighted by Gasteiger charge is 2.35. The molecule has 1 atom stereocenters. The van der Waals surface area contributed by atoms with Crippen LogP contribution in [0.1, 0.15) is 40.8 Å². The Morgan fingerprint density at radius 1 is 0.978 bits per heavy atom. The van der Waals surface area contributed by atoms with Crippen molar-refractivity contribution in [3.8, 4) is 17.6 Å². The van der Waals surface area contributed by atoms with Crippen LogP contribution in [0, 0.1) is 11.3 Å². The fraction of sp³-hybridized carbons (Fsp3) is 0.135. The molecule has 228 valence electrons. The lowest BCUT2D eigenvalue weighted by Crippen LogP contribution is -2.40. The molecular formula is C37H29N3O5S. The van der Waals surface area contributed by atoms with Crippen LogP contribution in [0.4, 0.5) is 0 Å². The maximum absolute atomic E-state index is 14.1. The Hall–Kier alpha value is -5.72. The number of rotatable bonds is 9. The Bertz CT molecular complexity index is 2160. The number of nitrogens with zero attached hydrogens (tertiary/aromatic N) is 3. The normalized spacial score (nSPS) is 14.2.